The van der Waals surface area contributed by atoms with Crippen LogP contribution in [0.15, 0.2) is 24.3 Å². The molecule has 0 saturated heterocycles. The highest BCUT2D eigenvalue weighted by Crippen LogP contribution is 2.34. The largest absolute Gasteiger partial charge is 0.309 e. The van der Waals surface area contributed by atoms with Gasteiger partial charge in [0.05, 0.1) is 17.1 Å². The number of hydrogen-bond donors (Lipinski definition) is 1. The number of aryl methyl sites for hydroxylation is 3. The Morgan fingerprint density at radius 2 is 1.92 bits per heavy atom. The van der Waals surface area contributed by atoms with Crippen molar-refractivity contribution in [2.45, 2.75) is 64.7 Å². The number of aromatic nitrogens is 2. The highest BCUT2D eigenvalue weighted by Gasteiger charge is 2.22. The summed E-state index contributed by atoms with van der Waals surface area (Å²) in [6, 6.07) is 8.49. The fourth-order valence-corrected chi connectivity index (χ4v) is 4.38. The molecule has 1 heterocycles. The topological polar surface area (TPSA) is 54.9 Å². The number of anilines is 1. The molecule has 1 fully saturated rings. The molecule has 0 aliphatic heterocycles. The summed E-state index contributed by atoms with van der Waals surface area (Å²) in [5, 5.41) is 2.92. The molecule has 1 aromatic carbocycles. The smallest absolute Gasteiger partial charge is 0.222 e. The van der Waals surface area contributed by atoms with E-state index in [-0.39, 0.29) is 5.91 Å². The molecule has 4 nitrogen and oxygen atoms in total. The van der Waals surface area contributed by atoms with E-state index < -0.39 is 0 Å². The summed E-state index contributed by atoms with van der Waals surface area (Å²) >= 11 is 0. The first-order valence-electron chi connectivity index (χ1n) is 9.96. The van der Waals surface area contributed by atoms with Crippen LogP contribution < -0.4 is 5.32 Å². The fourth-order valence-electron chi connectivity index (χ4n) is 4.38. The number of hydrogen-bond acceptors (Lipinski definition) is 3. The zero-order valence-corrected chi connectivity index (χ0v) is 15.6. The number of benzene rings is 1. The second-order valence-electron chi connectivity index (χ2n) is 7.70. The van der Waals surface area contributed by atoms with Crippen molar-refractivity contribution in [2.75, 3.05) is 5.32 Å². The van der Waals surface area contributed by atoms with E-state index in [9.17, 15) is 4.79 Å². The molecule has 0 bridgehead atoms. The fraction of sp³-hybridized carbons (Fsp3) is 0.500. The Morgan fingerprint density at radius 3 is 2.73 bits per heavy atom. The predicted octanol–water partition coefficient (Wildman–Crippen LogP) is 4.71. The lowest BCUT2D eigenvalue weighted by Gasteiger charge is -2.23. The summed E-state index contributed by atoms with van der Waals surface area (Å²) < 4.78 is 0. The Balaban J connectivity index is 1.65. The third-order valence-electron chi connectivity index (χ3n) is 5.75. The van der Waals surface area contributed by atoms with Gasteiger partial charge < -0.3 is 5.32 Å². The number of carbonyl (C=O) groups is 1. The minimum Gasteiger partial charge on any atom is -0.309 e. The lowest BCUT2D eigenvalue weighted by atomic mass is 9.85. The van der Waals surface area contributed by atoms with Gasteiger partial charge in [-0.15, -0.1) is 0 Å². The normalized spacial score (nSPS) is 16.7. The number of nitrogens with one attached hydrogen (secondary N) is 1. The molecule has 26 heavy (non-hydrogen) atoms. The number of rotatable bonds is 4. The van der Waals surface area contributed by atoms with Crippen LogP contribution in [0.3, 0.4) is 0 Å². The van der Waals surface area contributed by atoms with Crippen molar-refractivity contribution in [3.05, 3.63) is 41.2 Å². The van der Waals surface area contributed by atoms with Crippen LogP contribution in [0.4, 0.5) is 5.82 Å². The maximum absolute atomic E-state index is 11.7. The first-order valence-corrected chi connectivity index (χ1v) is 9.96. The molecule has 2 aromatic rings. The van der Waals surface area contributed by atoms with Crippen molar-refractivity contribution in [1.29, 1.82) is 0 Å². The molecule has 136 valence electrons. The molecule has 0 unspecified atom stereocenters. The van der Waals surface area contributed by atoms with Crippen molar-refractivity contribution >= 4 is 11.7 Å². The van der Waals surface area contributed by atoms with Crippen molar-refractivity contribution in [1.82, 2.24) is 9.97 Å². The summed E-state index contributed by atoms with van der Waals surface area (Å²) in [6.07, 6.45) is 10.6. The first kappa shape index (κ1) is 17.2. The van der Waals surface area contributed by atoms with Crippen LogP contribution in [0, 0.1) is 5.92 Å². The third kappa shape index (κ3) is 3.64. The van der Waals surface area contributed by atoms with Gasteiger partial charge in [-0.05, 0) is 37.2 Å². The Kier molecular flexibility index (Phi) is 5.00. The molecule has 2 aliphatic rings. The molecule has 1 amide bonds. The van der Waals surface area contributed by atoms with Gasteiger partial charge in [-0.3, -0.25) is 4.79 Å². The lowest BCUT2D eigenvalue weighted by Crippen LogP contribution is -2.17. The Morgan fingerprint density at radius 1 is 1.12 bits per heavy atom. The maximum Gasteiger partial charge on any atom is 0.222 e. The SMILES string of the molecule is CC(=O)Nc1nc2c(nc1CCC1CCCCC1)-c1ccccc1CC2. The second kappa shape index (κ2) is 7.56. The van der Waals surface area contributed by atoms with Crippen molar-refractivity contribution in [3.63, 3.8) is 0 Å². The number of amides is 1. The summed E-state index contributed by atoms with van der Waals surface area (Å²) in [7, 11) is 0. The second-order valence-corrected chi connectivity index (χ2v) is 7.70. The van der Waals surface area contributed by atoms with Crippen molar-refractivity contribution < 1.29 is 4.79 Å². The highest BCUT2D eigenvalue weighted by atomic mass is 16.1. The van der Waals surface area contributed by atoms with Crippen LogP contribution in [0.2, 0.25) is 0 Å². The van der Waals surface area contributed by atoms with Gasteiger partial charge in [0.1, 0.15) is 0 Å². The van der Waals surface area contributed by atoms with E-state index >= 15 is 0 Å². The van der Waals surface area contributed by atoms with Crippen LogP contribution in [0.1, 0.15) is 62.4 Å². The number of fused-ring (bicyclic) bond motifs is 3. The summed E-state index contributed by atoms with van der Waals surface area (Å²) in [5.74, 6) is 1.39. The van der Waals surface area contributed by atoms with Crippen LogP contribution >= 0.6 is 0 Å². The molecular weight excluding hydrogens is 322 g/mol. The highest BCUT2D eigenvalue weighted by molar-refractivity contribution is 5.88. The Labute approximate surface area is 155 Å². The standard InChI is InChI=1S/C22H27N3O/c1-15(26)23-22-20(13-11-16-7-3-2-4-8-16)24-21-18-10-6-5-9-17(18)12-14-19(21)25-22/h5-6,9-10,16H,2-4,7-8,11-14H2,1H3,(H,23,25,26). The van der Waals surface area contributed by atoms with Gasteiger partial charge in [0.2, 0.25) is 5.91 Å². The van der Waals surface area contributed by atoms with Gasteiger partial charge in [-0.2, -0.15) is 0 Å². The van der Waals surface area contributed by atoms with Crippen molar-refractivity contribution in [3.8, 4) is 11.3 Å². The molecular formula is C22H27N3O. The molecule has 1 N–H and O–H groups in total. The molecule has 2 aliphatic carbocycles. The lowest BCUT2D eigenvalue weighted by molar-refractivity contribution is -0.114. The maximum atomic E-state index is 11.7. The van der Waals surface area contributed by atoms with Gasteiger partial charge in [0, 0.05) is 12.5 Å². The quantitative estimate of drug-likeness (QED) is 0.869. The van der Waals surface area contributed by atoms with Crippen LogP contribution in [0.25, 0.3) is 11.3 Å². The van der Waals surface area contributed by atoms with Gasteiger partial charge in [0.15, 0.2) is 5.82 Å². The Hall–Kier alpha value is -2.23. The van der Waals surface area contributed by atoms with E-state index in [0.717, 1.165) is 48.7 Å². The summed E-state index contributed by atoms with van der Waals surface area (Å²) in [5.41, 5.74) is 5.52. The van der Waals surface area contributed by atoms with Crippen LogP contribution in [0.5, 0.6) is 0 Å². The van der Waals surface area contributed by atoms with E-state index in [1.807, 2.05) is 0 Å². The molecule has 1 saturated carbocycles. The monoisotopic (exact) mass is 349 g/mol. The minimum atomic E-state index is -0.0747. The number of carbonyl (C=O) groups excluding carboxylic acids is 1. The molecule has 4 rings (SSSR count). The first-order chi connectivity index (χ1) is 12.7. The van der Waals surface area contributed by atoms with E-state index in [4.69, 9.17) is 9.97 Å². The summed E-state index contributed by atoms with van der Waals surface area (Å²) in [4.78, 5) is 21.5. The van der Waals surface area contributed by atoms with E-state index in [1.165, 1.54) is 43.2 Å². The van der Waals surface area contributed by atoms with Gasteiger partial charge in [-0.1, -0.05) is 56.4 Å². The average Bonchev–Trinajstić information content (AvgIpc) is 2.66. The minimum absolute atomic E-state index is 0.0747. The number of nitrogens with zero attached hydrogens (tertiary/aromatic N) is 2. The van der Waals surface area contributed by atoms with E-state index in [1.54, 1.807) is 6.92 Å². The molecule has 4 heteroatoms. The zero-order chi connectivity index (χ0) is 17.9. The van der Waals surface area contributed by atoms with Gasteiger partial charge >= 0.3 is 0 Å². The van der Waals surface area contributed by atoms with E-state index in [0.29, 0.717) is 5.82 Å². The van der Waals surface area contributed by atoms with E-state index in [2.05, 4.69) is 29.6 Å². The third-order valence-corrected chi connectivity index (χ3v) is 5.75. The van der Waals surface area contributed by atoms with Crippen LogP contribution in [-0.2, 0) is 24.1 Å². The van der Waals surface area contributed by atoms with Gasteiger partial charge in [-0.25, -0.2) is 9.97 Å². The summed E-state index contributed by atoms with van der Waals surface area (Å²) in [6.45, 7) is 1.54. The molecule has 0 atom stereocenters. The molecule has 0 radical (unpaired) electrons. The average molecular weight is 349 g/mol. The van der Waals surface area contributed by atoms with Gasteiger partial charge in [0.25, 0.3) is 0 Å². The molecule has 1 aromatic heterocycles. The molecule has 0 spiro atoms. The van der Waals surface area contributed by atoms with Crippen molar-refractivity contribution in [2.24, 2.45) is 5.92 Å². The zero-order valence-electron chi connectivity index (χ0n) is 15.6. The van der Waals surface area contributed by atoms with Crippen LogP contribution in [-0.4, -0.2) is 15.9 Å². The predicted molar refractivity (Wildman–Crippen MR) is 104 cm³/mol. The Bertz CT molecular complexity index is 809.